The lowest BCUT2D eigenvalue weighted by Gasteiger charge is -2.32. The molecule has 0 aliphatic carbocycles. The molecule has 1 aliphatic rings. The molecule has 0 bridgehead atoms. The quantitative estimate of drug-likeness (QED) is 0.912. The van der Waals surface area contributed by atoms with Crippen molar-refractivity contribution in [3.8, 4) is 0 Å². The Kier molecular flexibility index (Phi) is 4.30. The van der Waals surface area contributed by atoms with Crippen LogP contribution in [0.1, 0.15) is 46.7 Å². The standard InChI is InChI=1S/C15H24N2O2/c1-10-11(2)19-12(3)14(10)15(18)17-8-5-13(4-7-16)6-9-17/h13H,4-9,16H2,1-3H3. The van der Waals surface area contributed by atoms with Crippen molar-refractivity contribution in [3.05, 3.63) is 22.6 Å². The van der Waals surface area contributed by atoms with Crippen molar-refractivity contribution >= 4 is 5.91 Å². The predicted molar refractivity (Wildman–Crippen MR) is 75.2 cm³/mol. The number of hydrogen-bond donors (Lipinski definition) is 1. The number of hydrogen-bond acceptors (Lipinski definition) is 3. The molecule has 2 heterocycles. The van der Waals surface area contributed by atoms with Crippen LogP contribution in [0.25, 0.3) is 0 Å². The van der Waals surface area contributed by atoms with Crippen LogP contribution in [0.4, 0.5) is 0 Å². The molecule has 2 N–H and O–H groups in total. The van der Waals surface area contributed by atoms with Gasteiger partial charge < -0.3 is 15.1 Å². The molecule has 0 spiro atoms. The third-order valence-corrected chi connectivity index (χ3v) is 4.25. The van der Waals surface area contributed by atoms with Crippen molar-refractivity contribution in [3.63, 3.8) is 0 Å². The molecule has 0 atom stereocenters. The Bertz CT molecular complexity index is 457. The minimum atomic E-state index is 0.123. The van der Waals surface area contributed by atoms with Gasteiger partial charge in [-0.1, -0.05) is 0 Å². The van der Waals surface area contributed by atoms with Crippen molar-refractivity contribution in [2.75, 3.05) is 19.6 Å². The van der Waals surface area contributed by atoms with Gasteiger partial charge in [-0.05, 0) is 52.5 Å². The first-order valence-corrected chi connectivity index (χ1v) is 7.10. The van der Waals surface area contributed by atoms with Gasteiger partial charge in [0.15, 0.2) is 0 Å². The zero-order valence-corrected chi connectivity index (χ0v) is 12.2. The van der Waals surface area contributed by atoms with Crippen LogP contribution in [-0.2, 0) is 0 Å². The lowest BCUT2D eigenvalue weighted by molar-refractivity contribution is 0.0685. The largest absolute Gasteiger partial charge is 0.466 e. The molecule has 1 amide bonds. The van der Waals surface area contributed by atoms with Crippen LogP contribution >= 0.6 is 0 Å². The SMILES string of the molecule is Cc1oc(C)c(C(=O)N2CCC(CCN)CC2)c1C. The first-order chi connectivity index (χ1) is 9.04. The fraction of sp³-hybridized carbons (Fsp3) is 0.667. The molecule has 0 saturated carbocycles. The lowest BCUT2D eigenvalue weighted by Crippen LogP contribution is -2.39. The molecule has 2 rings (SSSR count). The molecular weight excluding hydrogens is 240 g/mol. The molecule has 0 unspecified atom stereocenters. The Balaban J connectivity index is 2.05. The number of nitrogens with two attached hydrogens (primary N) is 1. The van der Waals surface area contributed by atoms with Gasteiger partial charge in [0.1, 0.15) is 11.5 Å². The maximum atomic E-state index is 12.6. The van der Waals surface area contributed by atoms with Gasteiger partial charge in [0, 0.05) is 18.7 Å². The van der Waals surface area contributed by atoms with Crippen molar-refractivity contribution < 1.29 is 9.21 Å². The van der Waals surface area contributed by atoms with Gasteiger partial charge in [0.2, 0.25) is 0 Å². The fourth-order valence-electron chi connectivity index (χ4n) is 2.93. The minimum absolute atomic E-state index is 0.123. The second kappa shape index (κ2) is 5.78. The highest BCUT2D eigenvalue weighted by atomic mass is 16.3. The smallest absolute Gasteiger partial charge is 0.257 e. The Hall–Kier alpha value is -1.29. The van der Waals surface area contributed by atoms with Gasteiger partial charge in [0.05, 0.1) is 5.56 Å². The average Bonchev–Trinajstić information content (AvgIpc) is 2.64. The van der Waals surface area contributed by atoms with Crippen molar-refractivity contribution in [1.29, 1.82) is 0 Å². The highest BCUT2D eigenvalue weighted by Gasteiger charge is 2.27. The number of rotatable bonds is 3. The predicted octanol–water partition coefficient (Wildman–Crippen LogP) is 2.41. The monoisotopic (exact) mass is 264 g/mol. The van der Waals surface area contributed by atoms with E-state index in [1.54, 1.807) is 0 Å². The minimum Gasteiger partial charge on any atom is -0.466 e. The zero-order valence-electron chi connectivity index (χ0n) is 12.2. The molecule has 19 heavy (non-hydrogen) atoms. The van der Waals surface area contributed by atoms with E-state index in [1.165, 1.54) is 0 Å². The molecular formula is C15H24N2O2. The Morgan fingerprint density at radius 3 is 2.37 bits per heavy atom. The van der Waals surface area contributed by atoms with E-state index in [1.807, 2.05) is 25.7 Å². The molecule has 0 aromatic carbocycles. The Morgan fingerprint density at radius 1 is 1.26 bits per heavy atom. The van der Waals surface area contributed by atoms with Gasteiger partial charge >= 0.3 is 0 Å². The number of carbonyl (C=O) groups is 1. The van der Waals surface area contributed by atoms with Crippen LogP contribution in [0.3, 0.4) is 0 Å². The molecule has 4 heteroatoms. The van der Waals surface area contributed by atoms with Crippen molar-refractivity contribution in [1.82, 2.24) is 4.90 Å². The van der Waals surface area contributed by atoms with E-state index in [0.717, 1.165) is 61.5 Å². The average molecular weight is 264 g/mol. The number of nitrogens with zero attached hydrogens (tertiary/aromatic N) is 1. The summed E-state index contributed by atoms with van der Waals surface area (Å²) in [7, 11) is 0. The van der Waals surface area contributed by atoms with Crippen LogP contribution < -0.4 is 5.73 Å². The highest BCUT2D eigenvalue weighted by molar-refractivity contribution is 5.96. The summed E-state index contributed by atoms with van der Waals surface area (Å²) in [6.07, 6.45) is 3.21. The third kappa shape index (κ3) is 2.84. The number of carbonyl (C=O) groups excluding carboxylic acids is 1. The molecule has 4 nitrogen and oxygen atoms in total. The summed E-state index contributed by atoms with van der Waals surface area (Å²) in [5.41, 5.74) is 7.33. The van der Waals surface area contributed by atoms with E-state index in [4.69, 9.17) is 10.2 Å². The molecule has 0 radical (unpaired) electrons. The van der Waals surface area contributed by atoms with E-state index in [2.05, 4.69) is 0 Å². The van der Waals surface area contributed by atoms with E-state index < -0.39 is 0 Å². The normalized spacial score (nSPS) is 16.9. The fourth-order valence-corrected chi connectivity index (χ4v) is 2.93. The maximum absolute atomic E-state index is 12.6. The molecule has 106 valence electrons. The number of piperidine rings is 1. The summed E-state index contributed by atoms with van der Waals surface area (Å²) in [5.74, 6) is 2.39. The molecule has 1 aromatic heterocycles. The van der Waals surface area contributed by atoms with Gasteiger partial charge in [-0.25, -0.2) is 0 Å². The summed E-state index contributed by atoms with van der Waals surface area (Å²) in [6.45, 7) is 8.16. The summed E-state index contributed by atoms with van der Waals surface area (Å²) in [5, 5.41) is 0. The van der Waals surface area contributed by atoms with E-state index >= 15 is 0 Å². The van der Waals surface area contributed by atoms with Crippen LogP contribution in [-0.4, -0.2) is 30.4 Å². The van der Waals surface area contributed by atoms with Crippen LogP contribution in [0.2, 0.25) is 0 Å². The van der Waals surface area contributed by atoms with Gasteiger partial charge in [0.25, 0.3) is 5.91 Å². The third-order valence-electron chi connectivity index (χ3n) is 4.25. The number of aryl methyl sites for hydroxylation is 2. The van der Waals surface area contributed by atoms with Crippen LogP contribution in [0.5, 0.6) is 0 Å². The summed E-state index contributed by atoms with van der Waals surface area (Å²) in [4.78, 5) is 14.5. The molecule has 1 fully saturated rings. The highest BCUT2D eigenvalue weighted by Crippen LogP contribution is 2.26. The van der Waals surface area contributed by atoms with Gasteiger partial charge in [-0.3, -0.25) is 4.79 Å². The number of likely N-dealkylation sites (tertiary alicyclic amines) is 1. The maximum Gasteiger partial charge on any atom is 0.257 e. The summed E-state index contributed by atoms with van der Waals surface area (Å²) >= 11 is 0. The van der Waals surface area contributed by atoms with E-state index in [9.17, 15) is 4.79 Å². The van der Waals surface area contributed by atoms with Crippen molar-refractivity contribution in [2.24, 2.45) is 11.7 Å². The summed E-state index contributed by atoms with van der Waals surface area (Å²) < 4.78 is 5.55. The molecule has 1 aromatic rings. The topological polar surface area (TPSA) is 59.5 Å². The number of furan rings is 1. The van der Waals surface area contributed by atoms with Crippen LogP contribution in [0.15, 0.2) is 4.42 Å². The Morgan fingerprint density at radius 2 is 1.89 bits per heavy atom. The zero-order chi connectivity index (χ0) is 14.0. The first-order valence-electron chi connectivity index (χ1n) is 7.10. The Labute approximate surface area is 114 Å². The molecule has 1 aliphatic heterocycles. The van der Waals surface area contributed by atoms with Crippen molar-refractivity contribution in [2.45, 2.75) is 40.0 Å². The van der Waals surface area contributed by atoms with Crippen LogP contribution in [0, 0.1) is 26.7 Å². The first kappa shape index (κ1) is 14.1. The second-order valence-electron chi connectivity index (χ2n) is 5.53. The summed E-state index contributed by atoms with van der Waals surface area (Å²) in [6, 6.07) is 0. The second-order valence-corrected chi connectivity index (χ2v) is 5.53. The molecule has 1 saturated heterocycles. The lowest BCUT2D eigenvalue weighted by atomic mass is 9.93. The van der Waals surface area contributed by atoms with E-state index in [-0.39, 0.29) is 5.91 Å². The van der Waals surface area contributed by atoms with E-state index in [0.29, 0.717) is 5.92 Å². The van der Waals surface area contributed by atoms with Gasteiger partial charge in [-0.2, -0.15) is 0 Å². The number of amides is 1. The van der Waals surface area contributed by atoms with Gasteiger partial charge in [-0.15, -0.1) is 0 Å².